The molecule has 0 radical (unpaired) electrons. The van der Waals surface area contributed by atoms with E-state index >= 15 is 0 Å². The summed E-state index contributed by atoms with van der Waals surface area (Å²) in [5, 5.41) is 4.44. The summed E-state index contributed by atoms with van der Waals surface area (Å²) in [6.45, 7) is 11.1. The summed E-state index contributed by atoms with van der Waals surface area (Å²) >= 11 is 0. The fourth-order valence-corrected chi connectivity index (χ4v) is 3.78. The maximum Gasteiger partial charge on any atom is 0.246 e. The molecule has 0 bridgehead atoms. The van der Waals surface area contributed by atoms with Crippen LogP contribution in [0.2, 0.25) is 0 Å². The van der Waals surface area contributed by atoms with Gasteiger partial charge in [0.2, 0.25) is 5.91 Å². The third-order valence-corrected chi connectivity index (χ3v) is 5.33. The Labute approximate surface area is 176 Å². The Kier molecular flexibility index (Phi) is 5.35. The molecule has 0 aromatic carbocycles. The van der Waals surface area contributed by atoms with Crippen molar-refractivity contribution < 1.29 is 4.79 Å². The first-order chi connectivity index (χ1) is 14.5. The van der Waals surface area contributed by atoms with E-state index < -0.39 is 0 Å². The SMILES string of the molecule is C=CC(=O)N1CC=C(c2nc(Nc3cc(C)ncn3)cc3c2ccn3C(C)C)CC1. The highest BCUT2D eigenvalue weighted by Gasteiger charge is 2.20. The highest BCUT2D eigenvalue weighted by atomic mass is 16.2. The molecule has 1 amide bonds. The molecular formula is C23H26N6O. The van der Waals surface area contributed by atoms with Crippen LogP contribution in [0.4, 0.5) is 11.6 Å². The molecule has 1 aliphatic rings. The number of hydrogen-bond donors (Lipinski definition) is 1. The van der Waals surface area contributed by atoms with E-state index in [0.717, 1.165) is 40.1 Å². The molecule has 4 rings (SSSR count). The van der Waals surface area contributed by atoms with Crippen LogP contribution in [0.1, 0.15) is 37.7 Å². The number of nitrogens with zero attached hydrogens (tertiary/aromatic N) is 5. The van der Waals surface area contributed by atoms with Crippen molar-refractivity contribution in [3.63, 3.8) is 0 Å². The molecule has 4 heterocycles. The van der Waals surface area contributed by atoms with Gasteiger partial charge >= 0.3 is 0 Å². The second kappa shape index (κ2) is 8.10. The molecule has 0 atom stereocenters. The molecule has 3 aromatic rings. The zero-order valence-corrected chi connectivity index (χ0v) is 17.6. The van der Waals surface area contributed by atoms with Crippen LogP contribution in [0.25, 0.3) is 16.5 Å². The van der Waals surface area contributed by atoms with Crippen molar-refractivity contribution in [1.82, 2.24) is 24.4 Å². The molecule has 0 unspecified atom stereocenters. The van der Waals surface area contributed by atoms with Crippen molar-refractivity contribution in [3.8, 4) is 0 Å². The van der Waals surface area contributed by atoms with Crippen LogP contribution in [-0.4, -0.2) is 43.4 Å². The van der Waals surface area contributed by atoms with Crippen LogP contribution in [0.5, 0.6) is 0 Å². The topological polar surface area (TPSA) is 75.9 Å². The zero-order valence-electron chi connectivity index (χ0n) is 17.6. The number of amides is 1. The molecule has 30 heavy (non-hydrogen) atoms. The first-order valence-electron chi connectivity index (χ1n) is 10.1. The van der Waals surface area contributed by atoms with Gasteiger partial charge in [0, 0.05) is 48.5 Å². The molecule has 3 aromatic heterocycles. The van der Waals surface area contributed by atoms with Crippen molar-refractivity contribution in [2.45, 2.75) is 33.2 Å². The number of anilines is 2. The Hall–Kier alpha value is -3.48. The van der Waals surface area contributed by atoms with Gasteiger partial charge in [-0.2, -0.15) is 0 Å². The molecule has 0 saturated heterocycles. The van der Waals surface area contributed by atoms with Crippen LogP contribution in [0, 0.1) is 6.92 Å². The third-order valence-electron chi connectivity index (χ3n) is 5.33. The molecule has 0 saturated carbocycles. The van der Waals surface area contributed by atoms with Crippen molar-refractivity contribution >= 4 is 34.0 Å². The minimum atomic E-state index is -0.0380. The van der Waals surface area contributed by atoms with Crippen LogP contribution >= 0.6 is 0 Å². The van der Waals surface area contributed by atoms with E-state index in [-0.39, 0.29) is 5.91 Å². The van der Waals surface area contributed by atoms with Crippen LogP contribution in [0.15, 0.2) is 49.5 Å². The number of aromatic nitrogens is 4. The maximum atomic E-state index is 11.9. The fourth-order valence-electron chi connectivity index (χ4n) is 3.78. The molecule has 7 heteroatoms. The van der Waals surface area contributed by atoms with Crippen LogP contribution < -0.4 is 5.32 Å². The first kappa shape index (κ1) is 19.8. The van der Waals surface area contributed by atoms with Gasteiger partial charge in [-0.25, -0.2) is 15.0 Å². The van der Waals surface area contributed by atoms with Crippen molar-refractivity contribution in [1.29, 1.82) is 0 Å². The fraction of sp³-hybridized carbons (Fsp3) is 0.304. The van der Waals surface area contributed by atoms with Crippen molar-refractivity contribution in [3.05, 3.63) is 60.8 Å². The summed E-state index contributed by atoms with van der Waals surface area (Å²) < 4.78 is 2.24. The number of fused-ring (bicyclic) bond motifs is 1. The Balaban J connectivity index is 1.77. The van der Waals surface area contributed by atoms with Gasteiger partial charge in [-0.05, 0) is 44.9 Å². The number of aryl methyl sites for hydroxylation is 1. The molecule has 7 nitrogen and oxygen atoms in total. The van der Waals surface area contributed by atoms with Crippen molar-refractivity contribution in [2.75, 3.05) is 18.4 Å². The predicted octanol–water partition coefficient (Wildman–Crippen LogP) is 4.26. The lowest BCUT2D eigenvalue weighted by atomic mass is 10.0. The lowest BCUT2D eigenvalue weighted by molar-refractivity contribution is -0.125. The molecule has 1 N–H and O–H groups in total. The van der Waals surface area contributed by atoms with Gasteiger partial charge in [0.1, 0.15) is 18.0 Å². The van der Waals surface area contributed by atoms with E-state index in [2.05, 4.69) is 64.7 Å². The smallest absolute Gasteiger partial charge is 0.246 e. The van der Waals surface area contributed by atoms with E-state index in [1.807, 2.05) is 13.0 Å². The molecule has 0 aliphatic carbocycles. The van der Waals surface area contributed by atoms with E-state index in [9.17, 15) is 4.79 Å². The third kappa shape index (κ3) is 3.83. The van der Waals surface area contributed by atoms with Gasteiger partial charge in [-0.1, -0.05) is 12.7 Å². The summed E-state index contributed by atoms with van der Waals surface area (Å²) in [4.78, 5) is 27.1. The average Bonchev–Trinajstić information content (AvgIpc) is 3.17. The monoisotopic (exact) mass is 402 g/mol. The minimum Gasteiger partial charge on any atom is -0.345 e. The van der Waals surface area contributed by atoms with Gasteiger partial charge in [0.05, 0.1) is 11.2 Å². The number of pyridine rings is 1. The quantitative estimate of drug-likeness (QED) is 0.645. The van der Waals surface area contributed by atoms with Crippen LogP contribution in [0.3, 0.4) is 0 Å². The highest BCUT2D eigenvalue weighted by molar-refractivity contribution is 5.94. The largest absolute Gasteiger partial charge is 0.345 e. The Morgan fingerprint density at radius 1 is 1.27 bits per heavy atom. The van der Waals surface area contributed by atoms with Gasteiger partial charge in [-0.3, -0.25) is 4.79 Å². The second-order valence-electron chi connectivity index (χ2n) is 7.74. The van der Waals surface area contributed by atoms with E-state index in [0.29, 0.717) is 24.9 Å². The molecular weight excluding hydrogens is 376 g/mol. The number of hydrogen-bond acceptors (Lipinski definition) is 5. The summed E-state index contributed by atoms with van der Waals surface area (Å²) in [7, 11) is 0. The van der Waals surface area contributed by atoms with Crippen LogP contribution in [-0.2, 0) is 4.79 Å². The average molecular weight is 403 g/mol. The van der Waals surface area contributed by atoms with Gasteiger partial charge in [-0.15, -0.1) is 0 Å². The number of carbonyl (C=O) groups excluding carboxylic acids is 1. The standard InChI is InChI=1S/C23H26N6O/c1-5-22(30)28-9-6-17(7-10-28)23-18-8-11-29(15(2)3)19(18)13-21(27-23)26-20-12-16(4)24-14-25-20/h5-6,8,11-15H,1,7,9-10H2,2-4H3,(H,24,25,26,27). The van der Waals surface area contributed by atoms with Gasteiger partial charge < -0.3 is 14.8 Å². The van der Waals surface area contributed by atoms with Gasteiger partial charge in [0.25, 0.3) is 0 Å². The minimum absolute atomic E-state index is 0.0380. The van der Waals surface area contributed by atoms with Gasteiger partial charge in [0.15, 0.2) is 0 Å². The van der Waals surface area contributed by atoms with E-state index in [1.54, 1.807) is 11.2 Å². The van der Waals surface area contributed by atoms with E-state index in [4.69, 9.17) is 4.98 Å². The summed E-state index contributed by atoms with van der Waals surface area (Å²) in [6, 6.07) is 6.41. The summed E-state index contributed by atoms with van der Waals surface area (Å²) in [5.41, 5.74) is 4.11. The molecule has 0 spiro atoms. The van der Waals surface area contributed by atoms with E-state index in [1.165, 1.54) is 6.08 Å². The molecule has 1 aliphatic heterocycles. The van der Waals surface area contributed by atoms with Crippen molar-refractivity contribution in [2.24, 2.45) is 0 Å². The Bertz CT molecular complexity index is 1140. The lowest BCUT2D eigenvalue weighted by Crippen LogP contribution is -2.33. The maximum absolute atomic E-state index is 11.9. The molecule has 0 fully saturated rings. The Morgan fingerprint density at radius 3 is 2.77 bits per heavy atom. The number of carbonyl (C=O) groups is 1. The first-order valence-corrected chi connectivity index (χ1v) is 10.1. The second-order valence-corrected chi connectivity index (χ2v) is 7.74. The zero-order chi connectivity index (χ0) is 21.3. The number of rotatable bonds is 5. The highest BCUT2D eigenvalue weighted by Crippen LogP contribution is 2.32. The predicted molar refractivity (Wildman–Crippen MR) is 120 cm³/mol. The Morgan fingerprint density at radius 2 is 2.10 bits per heavy atom. The normalized spacial score (nSPS) is 14.1. The molecule has 154 valence electrons. The lowest BCUT2D eigenvalue weighted by Gasteiger charge is -2.25. The summed E-state index contributed by atoms with van der Waals surface area (Å²) in [6.07, 6.45) is 7.87. The summed E-state index contributed by atoms with van der Waals surface area (Å²) in [5.74, 6) is 1.41. The number of nitrogens with one attached hydrogen (secondary N) is 1.